The predicted octanol–water partition coefficient (Wildman–Crippen LogP) is 2.67. The van der Waals surface area contributed by atoms with Crippen molar-refractivity contribution in [3.05, 3.63) is 66.1 Å². The first kappa shape index (κ1) is 20.1. The fraction of sp³-hybridized carbons (Fsp3) is 0.250. The standard InChI is InChI=1S/C24H24N4O4/c1-28-13-17(12-26-28)15-9-20(23-22(10-15)31-6-7-32-23)24(30)27-18(14-29)8-16-11-25-21-5-3-2-4-19(16)21/h2-5,9-13,18,25,29H,6-8,14H2,1H3,(H,27,30)/t18-/m1/s1. The number of para-hydroxylation sites is 1. The molecule has 0 saturated carbocycles. The summed E-state index contributed by atoms with van der Waals surface area (Å²) in [5.41, 5.74) is 4.11. The zero-order chi connectivity index (χ0) is 22.1. The molecule has 0 saturated heterocycles. The molecule has 8 nitrogen and oxygen atoms in total. The molecular weight excluding hydrogens is 408 g/mol. The molecule has 0 radical (unpaired) electrons. The summed E-state index contributed by atoms with van der Waals surface area (Å²) in [7, 11) is 1.84. The lowest BCUT2D eigenvalue weighted by Crippen LogP contribution is -2.39. The largest absolute Gasteiger partial charge is 0.486 e. The van der Waals surface area contributed by atoms with Gasteiger partial charge >= 0.3 is 0 Å². The highest BCUT2D eigenvalue weighted by Gasteiger charge is 2.25. The van der Waals surface area contributed by atoms with E-state index in [0.717, 1.165) is 27.6 Å². The fourth-order valence-corrected chi connectivity index (χ4v) is 4.05. The van der Waals surface area contributed by atoms with Gasteiger partial charge in [0, 0.05) is 35.9 Å². The predicted molar refractivity (Wildman–Crippen MR) is 120 cm³/mol. The second-order valence-corrected chi connectivity index (χ2v) is 7.87. The highest BCUT2D eigenvalue weighted by molar-refractivity contribution is 5.99. The molecule has 5 rings (SSSR count). The van der Waals surface area contributed by atoms with Crippen LogP contribution in [0.5, 0.6) is 11.5 Å². The van der Waals surface area contributed by atoms with Gasteiger partial charge in [-0.2, -0.15) is 5.10 Å². The van der Waals surface area contributed by atoms with E-state index >= 15 is 0 Å². The third-order valence-corrected chi connectivity index (χ3v) is 5.62. The van der Waals surface area contributed by atoms with E-state index in [2.05, 4.69) is 15.4 Å². The van der Waals surface area contributed by atoms with Gasteiger partial charge in [-0.1, -0.05) is 18.2 Å². The maximum absolute atomic E-state index is 13.3. The maximum atomic E-state index is 13.3. The molecule has 2 aromatic carbocycles. The number of aromatic nitrogens is 3. The van der Waals surface area contributed by atoms with E-state index in [9.17, 15) is 9.90 Å². The number of nitrogens with one attached hydrogen (secondary N) is 2. The molecular formula is C24H24N4O4. The van der Waals surface area contributed by atoms with Gasteiger partial charge in [-0.25, -0.2) is 0 Å². The first-order valence-corrected chi connectivity index (χ1v) is 10.5. The van der Waals surface area contributed by atoms with Crippen LogP contribution in [0.25, 0.3) is 22.0 Å². The Morgan fingerprint density at radius 1 is 1.25 bits per heavy atom. The van der Waals surface area contributed by atoms with Gasteiger partial charge in [-0.3, -0.25) is 9.48 Å². The van der Waals surface area contributed by atoms with Crippen molar-refractivity contribution in [1.82, 2.24) is 20.1 Å². The van der Waals surface area contributed by atoms with Crippen molar-refractivity contribution in [1.29, 1.82) is 0 Å². The first-order chi connectivity index (χ1) is 15.6. The average molecular weight is 432 g/mol. The summed E-state index contributed by atoms with van der Waals surface area (Å²) in [6.07, 6.45) is 6.02. The quantitative estimate of drug-likeness (QED) is 0.435. The van der Waals surface area contributed by atoms with Crippen LogP contribution in [0.4, 0.5) is 0 Å². The molecule has 32 heavy (non-hydrogen) atoms. The molecule has 1 atom stereocenters. The number of aliphatic hydroxyl groups is 1. The number of ether oxygens (including phenoxy) is 2. The molecule has 0 bridgehead atoms. The van der Waals surface area contributed by atoms with Crippen molar-refractivity contribution < 1.29 is 19.4 Å². The molecule has 0 spiro atoms. The number of H-pyrrole nitrogens is 1. The van der Waals surface area contributed by atoms with Gasteiger partial charge in [0.15, 0.2) is 11.5 Å². The Hall–Kier alpha value is -3.78. The molecule has 3 heterocycles. The summed E-state index contributed by atoms with van der Waals surface area (Å²) in [4.78, 5) is 16.5. The number of aryl methyl sites for hydroxylation is 1. The van der Waals surface area contributed by atoms with Crippen molar-refractivity contribution in [3.63, 3.8) is 0 Å². The second-order valence-electron chi connectivity index (χ2n) is 7.87. The Balaban J connectivity index is 1.43. The highest BCUT2D eigenvalue weighted by Crippen LogP contribution is 2.38. The van der Waals surface area contributed by atoms with E-state index in [1.807, 2.05) is 49.8 Å². The Morgan fingerprint density at radius 3 is 2.91 bits per heavy atom. The smallest absolute Gasteiger partial charge is 0.255 e. The average Bonchev–Trinajstić information content (AvgIpc) is 3.44. The summed E-state index contributed by atoms with van der Waals surface area (Å²) in [6.45, 7) is 0.607. The number of fused-ring (bicyclic) bond motifs is 2. The molecule has 3 N–H and O–H groups in total. The number of rotatable bonds is 6. The normalized spacial score (nSPS) is 13.8. The molecule has 0 fully saturated rings. The van der Waals surface area contributed by atoms with Crippen LogP contribution in [-0.2, 0) is 13.5 Å². The number of nitrogens with zero attached hydrogens (tertiary/aromatic N) is 2. The number of carbonyl (C=O) groups excluding carboxylic acids is 1. The van der Waals surface area contributed by atoms with Crippen molar-refractivity contribution in [2.75, 3.05) is 19.8 Å². The summed E-state index contributed by atoms with van der Waals surface area (Å²) in [5, 5.41) is 18.2. The molecule has 164 valence electrons. The highest BCUT2D eigenvalue weighted by atomic mass is 16.6. The van der Waals surface area contributed by atoms with Gasteiger partial charge in [0.25, 0.3) is 5.91 Å². The van der Waals surface area contributed by atoms with Crippen LogP contribution < -0.4 is 14.8 Å². The minimum atomic E-state index is -0.455. The van der Waals surface area contributed by atoms with E-state index in [-0.39, 0.29) is 12.5 Å². The maximum Gasteiger partial charge on any atom is 0.255 e. The van der Waals surface area contributed by atoms with Gasteiger partial charge < -0.3 is 24.9 Å². The van der Waals surface area contributed by atoms with Crippen LogP contribution >= 0.6 is 0 Å². The third kappa shape index (κ3) is 3.80. The van der Waals surface area contributed by atoms with Crippen LogP contribution in [-0.4, -0.2) is 51.6 Å². The van der Waals surface area contributed by atoms with Gasteiger partial charge in [-0.15, -0.1) is 0 Å². The van der Waals surface area contributed by atoms with Crippen molar-refractivity contribution in [2.24, 2.45) is 7.05 Å². The summed E-state index contributed by atoms with van der Waals surface area (Å²) in [5.74, 6) is 0.626. The number of hydrogen-bond acceptors (Lipinski definition) is 5. The summed E-state index contributed by atoms with van der Waals surface area (Å²) < 4.78 is 13.2. The minimum Gasteiger partial charge on any atom is -0.486 e. The fourth-order valence-electron chi connectivity index (χ4n) is 4.05. The summed E-state index contributed by atoms with van der Waals surface area (Å²) >= 11 is 0. The zero-order valence-electron chi connectivity index (χ0n) is 17.7. The lowest BCUT2D eigenvalue weighted by Gasteiger charge is -2.23. The van der Waals surface area contributed by atoms with Crippen LogP contribution in [0.15, 0.2) is 55.0 Å². The zero-order valence-corrected chi connectivity index (χ0v) is 17.7. The van der Waals surface area contributed by atoms with E-state index in [0.29, 0.717) is 36.7 Å². The van der Waals surface area contributed by atoms with Gasteiger partial charge in [0.2, 0.25) is 0 Å². The minimum absolute atomic E-state index is 0.187. The topological polar surface area (TPSA) is 101 Å². The Morgan fingerprint density at radius 2 is 2.09 bits per heavy atom. The number of aromatic amines is 1. The Labute approximate surface area is 184 Å². The van der Waals surface area contributed by atoms with Crippen LogP contribution in [0, 0.1) is 0 Å². The second kappa shape index (κ2) is 8.39. The van der Waals surface area contributed by atoms with Gasteiger partial charge in [-0.05, 0) is 35.7 Å². The molecule has 0 unspecified atom stereocenters. The monoisotopic (exact) mass is 432 g/mol. The number of benzene rings is 2. The van der Waals surface area contributed by atoms with E-state index in [1.165, 1.54) is 0 Å². The Bertz CT molecular complexity index is 1280. The molecule has 4 aromatic rings. The Kier molecular flexibility index (Phi) is 5.28. The number of amides is 1. The third-order valence-electron chi connectivity index (χ3n) is 5.62. The van der Waals surface area contributed by atoms with Crippen LogP contribution in [0.2, 0.25) is 0 Å². The van der Waals surface area contributed by atoms with Crippen LogP contribution in [0.3, 0.4) is 0 Å². The molecule has 8 heteroatoms. The number of hydrogen-bond donors (Lipinski definition) is 3. The molecule has 0 aliphatic carbocycles. The van der Waals surface area contributed by atoms with Crippen molar-refractivity contribution in [3.8, 4) is 22.6 Å². The lowest BCUT2D eigenvalue weighted by molar-refractivity contribution is 0.0906. The molecule has 1 aliphatic heterocycles. The lowest BCUT2D eigenvalue weighted by atomic mass is 10.0. The molecule has 1 aliphatic rings. The van der Waals surface area contributed by atoms with Crippen molar-refractivity contribution >= 4 is 16.8 Å². The van der Waals surface area contributed by atoms with E-state index in [4.69, 9.17) is 9.47 Å². The first-order valence-electron chi connectivity index (χ1n) is 10.5. The summed E-state index contributed by atoms with van der Waals surface area (Å²) in [6, 6.07) is 11.1. The van der Waals surface area contributed by atoms with E-state index < -0.39 is 6.04 Å². The van der Waals surface area contributed by atoms with Gasteiger partial charge in [0.1, 0.15) is 13.2 Å². The van der Waals surface area contributed by atoms with Crippen molar-refractivity contribution in [2.45, 2.75) is 12.5 Å². The molecule has 1 amide bonds. The SMILES string of the molecule is Cn1cc(-c2cc3c(c(C(=O)N[C@@H](CO)Cc4c[nH]c5ccccc45)c2)OCCO3)cn1. The molecule has 2 aromatic heterocycles. The van der Waals surface area contributed by atoms with E-state index in [1.54, 1.807) is 16.9 Å². The number of aliphatic hydroxyl groups excluding tert-OH is 1. The number of carbonyl (C=O) groups is 1. The van der Waals surface area contributed by atoms with Crippen LogP contribution in [0.1, 0.15) is 15.9 Å². The van der Waals surface area contributed by atoms with Gasteiger partial charge in [0.05, 0.1) is 24.4 Å².